The lowest BCUT2D eigenvalue weighted by molar-refractivity contribution is 0.566. The van der Waals surface area contributed by atoms with Crippen LogP contribution in [0.4, 0.5) is 0 Å². The second-order valence-electron chi connectivity index (χ2n) is 5.07. The van der Waals surface area contributed by atoms with Crippen LogP contribution in [0.25, 0.3) is 0 Å². The Morgan fingerprint density at radius 2 is 2.00 bits per heavy atom. The molecule has 0 radical (unpaired) electrons. The Morgan fingerprint density at radius 1 is 1.24 bits per heavy atom. The molecule has 0 spiro atoms. The zero-order chi connectivity index (χ0) is 15.4. The van der Waals surface area contributed by atoms with Gasteiger partial charge in [-0.3, -0.25) is 9.36 Å². The largest absolute Gasteiger partial charge is 0.313 e. The van der Waals surface area contributed by atoms with Gasteiger partial charge < -0.3 is 5.32 Å². The molecule has 2 aromatic rings. The summed E-state index contributed by atoms with van der Waals surface area (Å²) in [5, 5.41) is 13.2. The highest BCUT2D eigenvalue weighted by atomic mass is 35.5. The number of hydrogen-bond acceptors (Lipinski definition) is 3. The molecule has 0 unspecified atom stereocenters. The van der Waals surface area contributed by atoms with E-state index in [-0.39, 0.29) is 0 Å². The maximum Gasteiger partial charge on any atom is 0.0869 e. The predicted molar refractivity (Wildman–Crippen MR) is 85.7 cm³/mol. The van der Waals surface area contributed by atoms with E-state index in [2.05, 4.69) is 43.2 Å². The van der Waals surface area contributed by atoms with E-state index in [1.54, 1.807) is 0 Å². The highest BCUT2D eigenvalue weighted by molar-refractivity contribution is 6.31. The molecule has 5 nitrogen and oxygen atoms in total. The second-order valence-corrected chi connectivity index (χ2v) is 5.45. The first-order valence-electron chi connectivity index (χ1n) is 7.58. The lowest BCUT2D eigenvalue weighted by atomic mass is 10.2. The van der Waals surface area contributed by atoms with Crippen molar-refractivity contribution in [3.05, 3.63) is 33.9 Å². The molecule has 2 aromatic heterocycles. The van der Waals surface area contributed by atoms with Gasteiger partial charge in [0.25, 0.3) is 0 Å². The summed E-state index contributed by atoms with van der Waals surface area (Å²) in [4.78, 5) is 0. The molecular weight excluding hydrogens is 286 g/mol. The number of aryl methyl sites for hydroxylation is 2. The number of rotatable bonds is 7. The zero-order valence-corrected chi connectivity index (χ0v) is 14.0. The minimum atomic E-state index is 0.664. The van der Waals surface area contributed by atoms with Gasteiger partial charge in [0, 0.05) is 24.3 Å². The molecule has 0 saturated carbocycles. The van der Waals surface area contributed by atoms with Crippen LogP contribution in [0.15, 0.2) is 6.20 Å². The highest BCUT2D eigenvalue weighted by Crippen LogP contribution is 2.23. The van der Waals surface area contributed by atoms with Gasteiger partial charge in [-0.05, 0) is 26.8 Å². The van der Waals surface area contributed by atoms with Crippen LogP contribution >= 0.6 is 11.6 Å². The van der Waals surface area contributed by atoms with Crippen LogP contribution in [-0.4, -0.2) is 26.1 Å². The Morgan fingerprint density at radius 3 is 2.62 bits per heavy atom. The Labute approximate surface area is 131 Å². The molecule has 0 aromatic carbocycles. The Balaban J connectivity index is 2.26. The maximum atomic E-state index is 6.46. The molecule has 0 aliphatic rings. The Kier molecular flexibility index (Phi) is 5.42. The van der Waals surface area contributed by atoms with Gasteiger partial charge >= 0.3 is 0 Å². The molecule has 21 heavy (non-hydrogen) atoms. The molecule has 6 heteroatoms. The molecule has 2 rings (SSSR count). The molecular formula is C15H24ClN5. The van der Waals surface area contributed by atoms with Crippen molar-refractivity contribution in [3.8, 4) is 0 Å². The van der Waals surface area contributed by atoms with Crippen LogP contribution < -0.4 is 5.32 Å². The van der Waals surface area contributed by atoms with Crippen molar-refractivity contribution in [2.45, 2.75) is 53.8 Å². The minimum absolute atomic E-state index is 0.664. The molecule has 0 bridgehead atoms. The monoisotopic (exact) mass is 309 g/mol. The zero-order valence-electron chi connectivity index (χ0n) is 13.3. The van der Waals surface area contributed by atoms with Crippen molar-refractivity contribution in [1.82, 2.24) is 24.9 Å². The summed E-state index contributed by atoms with van der Waals surface area (Å²) < 4.78 is 3.98. The summed E-state index contributed by atoms with van der Waals surface area (Å²) >= 11 is 6.46. The quantitative estimate of drug-likeness (QED) is 0.855. The molecule has 0 aliphatic carbocycles. The van der Waals surface area contributed by atoms with Crippen molar-refractivity contribution in [2.75, 3.05) is 6.54 Å². The summed E-state index contributed by atoms with van der Waals surface area (Å²) in [5.74, 6) is 0. The minimum Gasteiger partial charge on any atom is -0.313 e. The van der Waals surface area contributed by atoms with Crippen molar-refractivity contribution in [3.63, 3.8) is 0 Å². The van der Waals surface area contributed by atoms with E-state index < -0.39 is 0 Å². The fourth-order valence-electron chi connectivity index (χ4n) is 2.39. The fraction of sp³-hybridized carbons (Fsp3) is 0.600. The lowest BCUT2D eigenvalue weighted by Crippen LogP contribution is -2.13. The van der Waals surface area contributed by atoms with Crippen LogP contribution in [0.5, 0.6) is 0 Å². The van der Waals surface area contributed by atoms with Gasteiger partial charge in [0.1, 0.15) is 0 Å². The number of hydrogen-bond donors (Lipinski definition) is 1. The summed E-state index contributed by atoms with van der Waals surface area (Å²) in [6.45, 7) is 11.6. The van der Waals surface area contributed by atoms with Crippen LogP contribution in [-0.2, 0) is 26.1 Å². The SMILES string of the molecule is CCNCc1cnn(Cc2c(Cl)c(CC)nn2CC)c1C. The molecule has 1 N–H and O–H groups in total. The van der Waals surface area contributed by atoms with Gasteiger partial charge in [-0.1, -0.05) is 25.4 Å². The fourth-order valence-corrected chi connectivity index (χ4v) is 2.72. The Bertz CT molecular complexity index is 599. The number of nitrogens with one attached hydrogen (secondary N) is 1. The third kappa shape index (κ3) is 3.30. The molecule has 0 saturated heterocycles. The number of nitrogens with zero attached hydrogens (tertiary/aromatic N) is 4. The third-order valence-electron chi connectivity index (χ3n) is 3.76. The van der Waals surface area contributed by atoms with Crippen molar-refractivity contribution >= 4 is 11.6 Å². The van der Waals surface area contributed by atoms with Crippen molar-refractivity contribution in [2.24, 2.45) is 0 Å². The van der Waals surface area contributed by atoms with E-state index in [9.17, 15) is 0 Å². The van der Waals surface area contributed by atoms with E-state index in [1.165, 1.54) is 11.3 Å². The Hall–Kier alpha value is -1.33. The predicted octanol–water partition coefficient (Wildman–Crippen LogP) is 2.78. The van der Waals surface area contributed by atoms with E-state index >= 15 is 0 Å². The van der Waals surface area contributed by atoms with E-state index in [4.69, 9.17) is 11.6 Å². The van der Waals surface area contributed by atoms with Gasteiger partial charge in [0.05, 0.1) is 29.2 Å². The van der Waals surface area contributed by atoms with Crippen molar-refractivity contribution < 1.29 is 0 Å². The molecule has 0 atom stereocenters. The summed E-state index contributed by atoms with van der Waals surface area (Å²) in [6.07, 6.45) is 2.78. The van der Waals surface area contributed by atoms with Gasteiger partial charge in [-0.2, -0.15) is 10.2 Å². The molecule has 2 heterocycles. The van der Waals surface area contributed by atoms with Gasteiger partial charge in [-0.25, -0.2) is 0 Å². The summed E-state index contributed by atoms with van der Waals surface area (Å²) in [7, 11) is 0. The van der Waals surface area contributed by atoms with Crippen LogP contribution in [0.1, 0.15) is 43.4 Å². The van der Waals surface area contributed by atoms with Crippen LogP contribution in [0.2, 0.25) is 5.02 Å². The maximum absolute atomic E-state index is 6.46. The number of aromatic nitrogens is 4. The summed E-state index contributed by atoms with van der Waals surface area (Å²) in [5.41, 5.74) is 4.41. The molecule has 0 aliphatic heterocycles. The molecule has 0 amide bonds. The van der Waals surface area contributed by atoms with Gasteiger partial charge in [-0.15, -0.1) is 0 Å². The van der Waals surface area contributed by atoms with Gasteiger partial charge in [0.15, 0.2) is 0 Å². The molecule has 0 fully saturated rings. The lowest BCUT2D eigenvalue weighted by Gasteiger charge is -2.08. The summed E-state index contributed by atoms with van der Waals surface area (Å²) in [6, 6.07) is 0. The van der Waals surface area contributed by atoms with Gasteiger partial charge in [0.2, 0.25) is 0 Å². The van der Waals surface area contributed by atoms with Crippen LogP contribution in [0.3, 0.4) is 0 Å². The normalized spacial score (nSPS) is 11.3. The first kappa shape index (κ1) is 16.0. The van der Waals surface area contributed by atoms with Crippen molar-refractivity contribution in [1.29, 1.82) is 0 Å². The van der Waals surface area contributed by atoms with Crippen LogP contribution in [0, 0.1) is 6.92 Å². The standard InChI is InChI=1S/C15H24ClN5/c1-5-13-15(16)14(20(7-3)19-13)10-21-11(4)12(9-18-21)8-17-6-2/h9,17H,5-8,10H2,1-4H3. The molecule has 116 valence electrons. The topological polar surface area (TPSA) is 47.7 Å². The smallest absolute Gasteiger partial charge is 0.0869 e. The van der Waals surface area contributed by atoms with E-state index in [0.29, 0.717) is 6.54 Å². The first-order valence-corrected chi connectivity index (χ1v) is 7.96. The number of halogens is 1. The average molecular weight is 310 g/mol. The van der Waals surface area contributed by atoms with E-state index in [1.807, 2.05) is 15.6 Å². The average Bonchev–Trinajstić information content (AvgIpc) is 2.99. The third-order valence-corrected chi connectivity index (χ3v) is 4.20. The highest BCUT2D eigenvalue weighted by Gasteiger charge is 2.16. The second kappa shape index (κ2) is 7.09. The first-order chi connectivity index (χ1) is 10.1. The van der Waals surface area contributed by atoms with E-state index in [0.717, 1.165) is 42.5 Å².